The third kappa shape index (κ3) is 2.05. The van der Waals surface area contributed by atoms with Gasteiger partial charge in [-0.25, -0.2) is 9.97 Å². The maximum atomic E-state index is 5.27. The van der Waals surface area contributed by atoms with Gasteiger partial charge in [0, 0.05) is 6.61 Å². The van der Waals surface area contributed by atoms with E-state index in [-0.39, 0.29) is 0 Å². The molecule has 2 aromatic rings. The molecule has 0 radical (unpaired) electrons. The Balaban J connectivity index is 2.19. The Morgan fingerprint density at radius 2 is 2.43 bits per heavy atom. The average Bonchev–Trinajstić information content (AvgIpc) is 2.67. The fourth-order valence-corrected chi connectivity index (χ4v) is 2.82. The Bertz CT molecular complexity index is 416. The molecular formula is C9H10N2OS2. The van der Waals surface area contributed by atoms with Crippen LogP contribution >= 0.6 is 23.1 Å². The number of nitrogens with zero attached hydrogens (tertiary/aromatic N) is 2. The first-order valence-corrected chi connectivity index (χ1v) is 6.17. The van der Waals surface area contributed by atoms with Crippen molar-refractivity contribution in [3.05, 3.63) is 17.8 Å². The minimum atomic E-state index is 0.653. The van der Waals surface area contributed by atoms with E-state index in [9.17, 15) is 0 Å². The first kappa shape index (κ1) is 9.89. The third-order valence-electron chi connectivity index (χ3n) is 1.69. The van der Waals surface area contributed by atoms with Crippen LogP contribution in [0.1, 0.15) is 6.92 Å². The normalized spacial score (nSPS) is 10.9. The molecule has 0 bridgehead atoms. The van der Waals surface area contributed by atoms with Crippen LogP contribution in [0.4, 0.5) is 0 Å². The number of fused-ring (bicyclic) bond motifs is 1. The summed E-state index contributed by atoms with van der Waals surface area (Å²) < 4.78 is 6.42. The maximum absolute atomic E-state index is 5.27. The van der Waals surface area contributed by atoms with Gasteiger partial charge in [0.2, 0.25) is 0 Å². The number of thioether (sulfide) groups is 1. The SMILES string of the molecule is CCOCSc1ncnc2ccsc12. The van der Waals surface area contributed by atoms with E-state index in [1.807, 2.05) is 18.4 Å². The molecule has 0 N–H and O–H groups in total. The van der Waals surface area contributed by atoms with Crippen LogP contribution < -0.4 is 0 Å². The summed E-state index contributed by atoms with van der Waals surface area (Å²) in [6.07, 6.45) is 1.60. The van der Waals surface area contributed by atoms with Gasteiger partial charge in [-0.05, 0) is 18.4 Å². The molecule has 2 rings (SSSR count). The van der Waals surface area contributed by atoms with Gasteiger partial charge in [0.25, 0.3) is 0 Å². The van der Waals surface area contributed by atoms with Crippen LogP contribution in [-0.4, -0.2) is 22.5 Å². The Hall–Kier alpha value is -0.650. The van der Waals surface area contributed by atoms with E-state index in [0.717, 1.165) is 21.8 Å². The predicted octanol–water partition coefficient (Wildman–Crippen LogP) is 2.78. The van der Waals surface area contributed by atoms with Crippen LogP contribution in [0.3, 0.4) is 0 Å². The first-order chi connectivity index (χ1) is 6.92. The second-order valence-corrected chi connectivity index (χ2v) is 4.40. The van der Waals surface area contributed by atoms with Crippen molar-refractivity contribution in [3.8, 4) is 0 Å². The summed E-state index contributed by atoms with van der Waals surface area (Å²) in [5, 5.41) is 3.04. The molecule has 0 spiro atoms. The van der Waals surface area contributed by atoms with Gasteiger partial charge in [0.1, 0.15) is 11.4 Å². The fourth-order valence-electron chi connectivity index (χ4n) is 1.05. The van der Waals surface area contributed by atoms with Crippen LogP contribution in [0.2, 0.25) is 0 Å². The van der Waals surface area contributed by atoms with Crippen molar-refractivity contribution in [2.24, 2.45) is 0 Å². The molecule has 5 heteroatoms. The summed E-state index contributed by atoms with van der Waals surface area (Å²) in [5.41, 5.74) is 1.02. The van der Waals surface area contributed by atoms with Crippen LogP contribution in [0, 0.1) is 0 Å². The Morgan fingerprint density at radius 1 is 1.50 bits per heavy atom. The number of thiophene rings is 1. The lowest BCUT2D eigenvalue weighted by Gasteiger charge is -2.00. The number of aromatic nitrogens is 2. The second kappa shape index (κ2) is 4.72. The van der Waals surface area contributed by atoms with Gasteiger partial charge in [-0.1, -0.05) is 11.8 Å². The highest BCUT2D eigenvalue weighted by atomic mass is 32.2. The van der Waals surface area contributed by atoms with Crippen molar-refractivity contribution >= 4 is 33.3 Å². The van der Waals surface area contributed by atoms with E-state index in [2.05, 4.69) is 9.97 Å². The highest BCUT2D eigenvalue weighted by molar-refractivity contribution is 7.99. The van der Waals surface area contributed by atoms with Gasteiger partial charge in [-0.2, -0.15) is 0 Å². The van der Waals surface area contributed by atoms with Crippen molar-refractivity contribution in [1.29, 1.82) is 0 Å². The molecule has 3 nitrogen and oxygen atoms in total. The number of rotatable bonds is 4. The van der Waals surface area contributed by atoms with Gasteiger partial charge in [0.15, 0.2) is 0 Å². The highest BCUT2D eigenvalue weighted by Gasteiger charge is 2.04. The summed E-state index contributed by atoms with van der Waals surface area (Å²) in [6.45, 7) is 2.73. The molecule has 0 aliphatic heterocycles. The van der Waals surface area contributed by atoms with Crippen molar-refractivity contribution in [2.75, 3.05) is 12.5 Å². The highest BCUT2D eigenvalue weighted by Crippen LogP contribution is 2.28. The van der Waals surface area contributed by atoms with Crippen molar-refractivity contribution in [1.82, 2.24) is 9.97 Å². The maximum Gasteiger partial charge on any atom is 0.119 e. The van der Waals surface area contributed by atoms with E-state index < -0.39 is 0 Å². The van der Waals surface area contributed by atoms with E-state index in [1.165, 1.54) is 0 Å². The molecule has 0 aromatic carbocycles. The number of hydrogen-bond acceptors (Lipinski definition) is 5. The Kier molecular flexibility index (Phi) is 3.34. The molecule has 0 saturated heterocycles. The van der Waals surface area contributed by atoms with E-state index >= 15 is 0 Å². The summed E-state index contributed by atoms with van der Waals surface area (Å²) in [6, 6.07) is 2.01. The van der Waals surface area contributed by atoms with Gasteiger partial charge >= 0.3 is 0 Å². The predicted molar refractivity (Wildman–Crippen MR) is 59.8 cm³/mol. The van der Waals surface area contributed by atoms with Gasteiger partial charge in [-0.3, -0.25) is 0 Å². The molecule has 0 unspecified atom stereocenters. The van der Waals surface area contributed by atoms with Gasteiger partial charge in [-0.15, -0.1) is 11.3 Å². The van der Waals surface area contributed by atoms with E-state index in [1.54, 1.807) is 29.4 Å². The molecular weight excluding hydrogens is 216 g/mol. The van der Waals surface area contributed by atoms with Crippen LogP contribution in [0.25, 0.3) is 10.2 Å². The molecule has 0 fully saturated rings. The zero-order chi connectivity index (χ0) is 9.80. The van der Waals surface area contributed by atoms with Crippen molar-refractivity contribution < 1.29 is 4.74 Å². The molecule has 14 heavy (non-hydrogen) atoms. The van der Waals surface area contributed by atoms with Crippen molar-refractivity contribution in [2.45, 2.75) is 11.9 Å². The van der Waals surface area contributed by atoms with E-state index in [4.69, 9.17) is 4.74 Å². The Morgan fingerprint density at radius 3 is 3.29 bits per heavy atom. The third-order valence-corrected chi connectivity index (χ3v) is 3.60. The molecule has 0 atom stereocenters. The monoisotopic (exact) mass is 226 g/mol. The van der Waals surface area contributed by atoms with Gasteiger partial charge < -0.3 is 4.74 Å². The lowest BCUT2D eigenvalue weighted by molar-refractivity contribution is 0.199. The topological polar surface area (TPSA) is 35.0 Å². The minimum absolute atomic E-state index is 0.653. The van der Waals surface area contributed by atoms with Crippen LogP contribution in [0.5, 0.6) is 0 Å². The quantitative estimate of drug-likeness (QED) is 0.347. The molecule has 0 amide bonds. The first-order valence-electron chi connectivity index (χ1n) is 4.30. The lowest BCUT2D eigenvalue weighted by atomic mass is 10.5. The van der Waals surface area contributed by atoms with Crippen LogP contribution in [-0.2, 0) is 4.74 Å². The summed E-state index contributed by atoms with van der Waals surface area (Å²) in [5.74, 6) is 0.653. The van der Waals surface area contributed by atoms with E-state index in [0.29, 0.717) is 5.94 Å². The number of hydrogen-bond donors (Lipinski definition) is 0. The molecule has 74 valence electrons. The summed E-state index contributed by atoms with van der Waals surface area (Å²) >= 11 is 3.29. The van der Waals surface area contributed by atoms with Crippen LogP contribution in [0.15, 0.2) is 22.8 Å². The standard InChI is InChI=1S/C9H10N2OS2/c1-2-12-6-14-9-8-7(3-4-13-8)10-5-11-9/h3-5H,2,6H2,1H3. The number of ether oxygens (including phenoxy) is 1. The Labute approximate surface area is 90.5 Å². The smallest absolute Gasteiger partial charge is 0.119 e. The largest absolute Gasteiger partial charge is 0.371 e. The molecule has 0 saturated carbocycles. The zero-order valence-corrected chi connectivity index (χ0v) is 9.40. The minimum Gasteiger partial charge on any atom is -0.371 e. The molecule has 2 aromatic heterocycles. The molecule has 2 heterocycles. The molecule has 0 aliphatic rings. The lowest BCUT2D eigenvalue weighted by Crippen LogP contribution is -1.90. The summed E-state index contributed by atoms with van der Waals surface area (Å²) in [7, 11) is 0. The summed E-state index contributed by atoms with van der Waals surface area (Å²) in [4.78, 5) is 8.41. The molecule has 0 aliphatic carbocycles. The fraction of sp³-hybridized carbons (Fsp3) is 0.333. The average molecular weight is 226 g/mol. The zero-order valence-electron chi connectivity index (χ0n) is 7.77. The second-order valence-electron chi connectivity index (χ2n) is 2.57. The van der Waals surface area contributed by atoms with Crippen molar-refractivity contribution in [3.63, 3.8) is 0 Å². The van der Waals surface area contributed by atoms with Gasteiger partial charge in [0.05, 0.1) is 16.2 Å².